The number of hydrogen-bond acceptors (Lipinski definition) is 6. The van der Waals surface area contributed by atoms with Gasteiger partial charge in [0.15, 0.2) is 5.13 Å². The first-order chi connectivity index (χ1) is 15.0. The molecule has 0 bridgehead atoms. The van der Waals surface area contributed by atoms with Gasteiger partial charge >= 0.3 is 12.0 Å². The summed E-state index contributed by atoms with van der Waals surface area (Å²) in [5, 5.41) is 12.4. The zero-order valence-corrected chi connectivity index (χ0v) is 19.8. The fourth-order valence-corrected chi connectivity index (χ4v) is 6.95. The predicted octanol–water partition coefficient (Wildman–Crippen LogP) is 5.43. The van der Waals surface area contributed by atoms with Gasteiger partial charge in [-0.25, -0.2) is 9.78 Å². The SMILES string of the molecule is CO[C@]1(N(C(=O)Nc2ncc(SCC(=O)O)s2)C2CCCCC2)CC[C@H](C2CC2)CC1. The van der Waals surface area contributed by atoms with E-state index in [4.69, 9.17) is 9.84 Å². The van der Waals surface area contributed by atoms with Crippen molar-refractivity contribution in [2.45, 2.75) is 86.6 Å². The van der Waals surface area contributed by atoms with Crippen molar-refractivity contribution in [2.75, 3.05) is 18.2 Å². The molecule has 31 heavy (non-hydrogen) atoms. The number of carbonyl (C=O) groups is 2. The number of carbonyl (C=O) groups excluding carboxylic acids is 1. The molecule has 3 fully saturated rings. The van der Waals surface area contributed by atoms with Gasteiger partial charge < -0.3 is 9.84 Å². The second-order valence-corrected chi connectivity index (χ2v) is 11.4. The van der Waals surface area contributed by atoms with Crippen LogP contribution in [0.4, 0.5) is 9.93 Å². The molecule has 3 aliphatic carbocycles. The first-order valence-electron chi connectivity index (χ1n) is 11.5. The van der Waals surface area contributed by atoms with Crippen LogP contribution in [0.1, 0.15) is 70.6 Å². The number of carboxylic acid groups (broad SMARTS) is 1. The third-order valence-corrected chi connectivity index (χ3v) is 9.21. The summed E-state index contributed by atoms with van der Waals surface area (Å²) in [5.41, 5.74) is -0.546. The van der Waals surface area contributed by atoms with Gasteiger partial charge in [-0.2, -0.15) is 0 Å². The van der Waals surface area contributed by atoms with Gasteiger partial charge in [0.2, 0.25) is 0 Å². The minimum absolute atomic E-state index is 0.0152. The van der Waals surface area contributed by atoms with Gasteiger partial charge in [0, 0.05) is 13.2 Å². The number of aromatic nitrogens is 1. The van der Waals surface area contributed by atoms with Crippen molar-refractivity contribution in [3.05, 3.63) is 6.20 Å². The molecule has 4 rings (SSSR count). The highest BCUT2D eigenvalue weighted by molar-refractivity contribution is 8.01. The molecule has 172 valence electrons. The lowest BCUT2D eigenvalue weighted by Crippen LogP contribution is -2.60. The lowest BCUT2D eigenvalue weighted by molar-refractivity contribution is -0.156. The quantitative estimate of drug-likeness (QED) is 0.391. The second-order valence-electron chi connectivity index (χ2n) is 9.08. The van der Waals surface area contributed by atoms with E-state index >= 15 is 0 Å². The summed E-state index contributed by atoms with van der Waals surface area (Å²) < 4.78 is 6.94. The van der Waals surface area contributed by atoms with Crippen LogP contribution in [0.2, 0.25) is 0 Å². The molecule has 0 spiro atoms. The fourth-order valence-electron chi connectivity index (χ4n) is 5.36. The molecule has 2 N–H and O–H groups in total. The third-order valence-electron chi connectivity index (χ3n) is 7.11. The average molecular weight is 468 g/mol. The summed E-state index contributed by atoms with van der Waals surface area (Å²) in [7, 11) is 1.75. The van der Waals surface area contributed by atoms with Gasteiger partial charge in [0.05, 0.1) is 16.2 Å². The zero-order valence-electron chi connectivity index (χ0n) is 18.2. The molecule has 0 unspecified atom stereocenters. The number of ether oxygens (including phenoxy) is 1. The first-order valence-corrected chi connectivity index (χ1v) is 13.3. The monoisotopic (exact) mass is 467 g/mol. The molecule has 2 amide bonds. The molecule has 0 aromatic carbocycles. The van der Waals surface area contributed by atoms with E-state index in [0.29, 0.717) is 5.13 Å². The van der Waals surface area contributed by atoms with Gasteiger partial charge in [-0.1, -0.05) is 30.6 Å². The van der Waals surface area contributed by atoms with Gasteiger partial charge in [-0.3, -0.25) is 15.0 Å². The Labute approximate surface area is 192 Å². The van der Waals surface area contributed by atoms with Crippen LogP contribution in [0, 0.1) is 11.8 Å². The van der Waals surface area contributed by atoms with E-state index in [1.54, 1.807) is 13.3 Å². The maximum Gasteiger partial charge on any atom is 0.326 e. The number of anilines is 1. The van der Waals surface area contributed by atoms with Crippen molar-refractivity contribution in [1.29, 1.82) is 0 Å². The molecule has 1 aromatic heterocycles. The number of rotatable bonds is 8. The lowest BCUT2D eigenvalue weighted by atomic mass is 9.79. The molecule has 0 atom stereocenters. The van der Waals surface area contributed by atoms with Crippen molar-refractivity contribution in [3.63, 3.8) is 0 Å². The highest BCUT2D eigenvalue weighted by Crippen LogP contribution is 2.48. The maximum absolute atomic E-state index is 13.6. The van der Waals surface area contributed by atoms with Crippen LogP contribution < -0.4 is 5.32 Å². The predicted molar refractivity (Wildman–Crippen MR) is 123 cm³/mol. The van der Waals surface area contributed by atoms with Crippen LogP contribution in [0.25, 0.3) is 0 Å². The number of hydrogen-bond donors (Lipinski definition) is 2. The Morgan fingerprint density at radius 1 is 1.19 bits per heavy atom. The Bertz CT molecular complexity index is 769. The summed E-state index contributed by atoms with van der Waals surface area (Å²) in [6, 6.07) is 0.0507. The van der Waals surface area contributed by atoms with Gasteiger partial charge in [-0.15, -0.1) is 11.8 Å². The largest absolute Gasteiger partial charge is 0.481 e. The lowest BCUT2D eigenvalue weighted by Gasteiger charge is -2.50. The molecule has 7 nitrogen and oxygen atoms in total. The van der Waals surface area contributed by atoms with Crippen molar-refractivity contribution >= 4 is 40.2 Å². The van der Waals surface area contributed by atoms with Gasteiger partial charge in [-0.05, 0) is 63.2 Å². The summed E-state index contributed by atoms with van der Waals surface area (Å²) in [6.07, 6.45) is 14.0. The zero-order chi connectivity index (χ0) is 21.8. The van der Waals surface area contributed by atoms with E-state index < -0.39 is 11.7 Å². The molecular weight excluding hydrogens is 434 g/mol. The smallest absolute Gasteiger partial charge is 0.326 e. The molecule has 0 radical (unpaired) electrons. The molecule has 3 saturated carbocycles. The third kappa shape index (κ3) is 5.54. The van der Waals surface area contributed by atoms with Crippen LogP contribution in [0.3, 0.4) is 0 Å². The highest BCUT2D eigenvalue weighted by atomic mass is 32.2. The summed E-state index contributed by atoms with van der Waals surface area (Å²) in [5.74, 6) is 0.797. The minimum atomic E-state index is -0.865. The molecule has 1 heterocycles. The van der Waals surface area contributed by atoms with Crippen LogP contribution in [0.5, 0.6) is 0 Å². The summed E-state index contributed by atoms with van der Waals surface area (Å²) in [6.45, 7) is 0. The second kappa shape index (κ2) is 10.1. The Balaban J connectivity index is 1.48. The highest BCUT2D eigenvalue weighted by Gasteiger charge is 2.48. The number of urea groups is 1. The number of amides is 2. The molecule has 1 aromatic rings. The molecule has 0 aliphatic heterocycles. The Morgan fingerprint density at radius 3 is 2.48 bits per heavy atom. The van der Waals surface area contributed by atoms with Crippen molar-refractivity contribution in [2.24, 2.45) is 11.8 Å². The van der Waals surface area contributed by atoms with Crippen LogP contribution in [0.15, 0.2) is 10.4 Å². The van der Waals surface area contributed by atoms with Crippen LogP contribution in [-0.2, 0) is 9.53 Å². The van der Waals surface area contributed by atoms with Crippen LogP contribution >= 0.6 is 23.1 Å². The molecular formula is C22H33N3O4S2. The molecule has 9 heteroatoms. The van der Waals surface area contributed by atoms with Crippen molar-refractivity contribution in [3.8, 4) is 0 Å². The molecule has 3 aliphatic rings. The van der Waals surface area contributed by atoms with E-state index in [9.17, 15) is 9.59 Å². The number of aliphatic carboxylic acids is 1. The normalized spacial score (nSPS) is 27.1. The number of nitrogens with one attached hydrogen (secondary N) is 1. The van der Waals surface area contributed by atoms with E-state index in [2.05, 4.69) is 10.3 Å². The maximum atomic E-state index is 13.6. The van der Waals surface area contributed by atoms with E-state index in [0.717, 1.165) is 67.4 Å². The number of thiazole rings is 1. The summed E-state index contributed by atoms with van der Waals surface area (Å²) in [4.78, 5) is 30.7. The van der Waals surface area contributed by atoms with Gasteiger partial charge in [0.25, 0.3) is 0 Å². The number of methoxy groups -OCH3 is 1. The number of nitrogens with zero attached hydrogens (tertiary/aromatic N) is 2. The van der Waals surface area contributed by atoms with E-state index in [-0.39, 0.29) is 17.8 Å². The molecule has 0 saturated heterocycles. The number of carboxylic acids is 1. The first kappa shape index (κ1) is 22.9. The fraction of sp³-hybridized carbons (Fsp3) is 0.773. The standard InChI is InChI=1S/C22H33N3O4S2/c1-29-22(11-9-16(10-12-22)15-7-8-15)25(17-5-3-2-4-6-17)21(28)24-20-23-13-19(31-20)30-14-18(26)27/h13,15-17H,2-12,14H2,1H3,(H,26,27)(H,23,24,28)/t16-,22+. The topological polar surface area (TPSA) is 91.8 Å². The van der Waals surface area contributed by atoms with Crippen molar-refractivity contribution < 1.29 is 19.4 Å². The van der Waals surface area contributed by atoms with Gasteiger partial charge in [0.1, 0.15) is 5.72 Å². The average Bonchev–Trinajstić information content (AvgIpc) is 3.53. The Kier molecular flexibility index (Phi) is 7.44. The van der Waals surface area contributed by atoms with E-state index in [1.165, 1.54) is 42.4 Å². The van der Waals surface area contributed by atoms with Crippen molar-refractivity contribution in [1.82, 2.24) is 9.88 Å². The summed E-state index contributed by atoms with van der Waals surface area (Å²) >= 11 is 2.54. The Morgan fingerprint density at radius 2 is 1.87 bits per heavy atom. The number of thioether (sulfide) groups is 1. The Hall–Kier alpha value is -1.32. The minimum Gasteiger partial charge on any atom is -0.481 e. The van der Waals surface area contributed by atoms with E-state index in [1.807, 2.05) is 4.90 Å². The van der Waals surface area contributed by atoms with Crippen LogP contribution in [-0.4, -0.2) is 51.6 Å².